The molecule has 1 heterocycles. The van der Waals surface area contributed by atoms with Gasteiger partial charge < -0.3 is 10.4 Å². The molecule has 0 unspecified atom stereocenters. The van der Waals surface area contributed by atoms with E-state index in [0.29, 0.717) is 13.0 Å². The molecular weight excluding hydrogens is 239 g/mol. The average Bonchev–Trinajstić information content (AvgIpc) is 2.30. The highest BCUT2D eigenvalue weighted by Crippen LogP contribution is 2.06. The van der Waals surface area contributed by atoms with E-state index in [1.165, 1.54) is 6.92 Å². The van der Waals surface area contributed by atoms with Crippen LogP contribution >= 0.6 is 0 Å². The molecule has 0 aliphatic rings. The summed E-state index contributed by atoms with van der Waals surface area (Å²) in [6.45, 7) is 1.80. The summed E-state index contributed by atoms with van der Waals surface area (Å²) in [7, 11) is 0. The van der Waals surface area contributed by atoms with Crippen molar-refractivity contribution in [3.63, 3.8) is 0 Å². The van der Waals surface area contributed by atoms with Gasteiger partial charge in [-0.25, -0.2) is 14.2 Å². The lowest BCUT2D eigenvalue weighted by Crippen LogP contribution is -2.20. The van der Waals surface area contributed by atoms with E-state index in [0.717, 1.165) is 12.3 Å². The van der Waals surface area contributed by atoms with Gasteiger partial charge in [-0.1, -0.05) is 5.92 Å². The maximum absolute atomic E-state index is 13.0. The van der Waals surface area contributed by atoms with Crippen LogP contribution in [0.5, 0.6) is 0 Å². The van der Waals surface area contributed by atoms with E-state index >= 15 is 0 Å². The largest absolute Gasteiger partial charge is 0.478 e. The molecule has 0 aromatic carbocycles. The van der Waals surface area contributed by atoms with E-state index in [-0.39, 0.29) is 11.6 Å². The molecule has 18 heavy (non-hydrogen) atoms. The first kappa shape index (κ1) is 13.6. The fraction of sp³-hybridized carbons (Fsp3) is 0.250. The van der Waals surface area contributed by atoms with E-state index in [1.54, 1.807) is 0 Å². The van der Waals surface area contributed by atoms with Crippen molar-refractivity contribution < 1.29 is 19.1 Å². The van der Waals surface area contributed by atoms with E-state index in [9.17, 15) is 14.0 Å². The van der Waals surface area contributed by atoms with Crippen molar-refractivity contribution in [3.05, 3.63) is 29.3 Å². The Hall–Kier alpha value is -2.42. The van der Waals surface area contributed by atoms with Crippen LogP contribution in [-0.2, 0) is 4.79 Å². The van der Waals surface area contributed by atoms with Crippen molar-refractivity contribution in [3.8, 4) is 11.8 Å². The number of amides is 1. The number of halogens is 1. The molecule has 2 N–H and O–H groups in total. The lowest BCUT2D eigenvalue weighted by molar-refractivity contribution is -0.118. The van der Waals surface area contributed by atoms with Crippen LogP contribution in [0.2, 0.25) is 0 Å². The molecule has 1 aromatic heterocycles. The maximum atomic E-state index is 13.0. The topological polar surface area (TPSA) is 79.3 Å². The second-order valence-corrected chi connectivity index (χ2v) is 3.39. The Labute approximate surface area is 103 Å². The minimum Gasteiger partial charge on any atom is -0.478 e. The monoisotopic (exact) mass is 250 g/mol. The van der Waals surface area contributed by atoms with Crippen molar-refractivity contribution in [2.24, 2.45) is 0 Å². The molecule has 0 fully saturated rings. The lowest BCUT2D eigenvalue weighted by Gasteiger charge is -1.97. The summed E-state index contributed by atoms with van der Waals surface area (Å²) in [6, 6.07) is 1.07. The molecule has 94 valence electrons. The first-order valence-corrected chi connectivity index (χ1v) is 5.13. The minimum absolute atomic E-state index is 0.148. The Morgan fingerprint density at radius 3 is 2.89 bits per heavy atom. The van der Waals surface area contributed by atoms with Gasteiger partial charge in [0, 0.05) is 19.9 Å². The number of nitrogens with zero attached hydrogens (tertiary/aromatic N) is 1. The summed E-state index contributed by atoms with van der Waals surface area (Å²) in [5, 5.41) is 11.3. The predicted octanol–water partition coefficient (Wildman–Crippen LogP) is 0.797. The smallest absolute Gasteiger partial charge is 0.338 e. The maximum Gasteiger partial charge on any atom is 0.338 e. The van der Waals surface area contributed by atoms with E-state index < -0.39 is 17.3 Å². The van der Waals surface area contributed by atoms with Crippen LogP contribution in [0.25, 0.3) is 0 Å². The van der Waals surface area contributed by atoms with Gasteiger partial charge in [0.15, 0.2) is 5.82 Å². The van der Waals surface area contributed by atoms with Crippen LogP contribution in [-0.4, -0.2) is 28.5 Å². The van der Waals surface area contributed by atoms with Gasteiger partial charge >= 0.3 is 5.97 Å². The van der Waals surface area contributed by atoms with Crippen LogP contribution < -0.4 is 5.32 Å². The molecule has 1 aromatic rings. The normalized spacial score (nSPS) is 9.22. The second-order valence-electron chi connectivity index (χ2n) is 3.39. The number of hydrogen-bond acceptors (Lipinski definition) is 3. The summed E-state index contributed by atoms with van der Waals surface area (Å²) < 4.78 is 13.0. The molecular formula is C12H11FN2O3. The molecule has 0 spiro atoms. The van der Waals surface area contributed by atoms with Gasteiger partial charge in [-0.05, 0) is 12.0 Å². The number of carboxylic acid groups (broad SMARTS) is 1. The van der Waals surface area contributed by atoms with Gasteiger partial charge in [-0.2, -0.15) is 0 Å². The highest BCUT2D eigenvalue weighted by molar-refractivity contribution is 5.88. The zero-order valence-electron chi connectivity index (χ0n) is 9.66. The molecule has 0 bridgehead atoms. The first-order valence-electron chi connectivity index (χ1n) is 5.13. The van der Waals surface area contributed by atoms with Gasteiger partial charge in [0.05, 0.1) is 11.8 Å². The predicted molar refractivity (Wildman–Crippen MR) is 61.3 cm³/mol. The molecule has 0 saturated heterocycles. The average molecular weight is 250 g/mol. The van der Waals surface area contributed by atoms with Crippen molar-refractivity contribution in [1.82, 2.24) is 10.3 Å². The molecule has 0 aliphatic heterocycles. The van der Waals surface area contributed by atoms with Crippen LogP contribution in [0.15, 0.2) is 12.3 Å². The summed E-state index contributed by atoms with van der Waals surface area (Å²) in [5.74, 6) is 2.89. The van der Waals surface area contributed by atoms with Gasteiger partial charge in [0.25, 0.3) is 0 Å². The van der Waals surface area contributed by atoms with Crippen LogP contribution in [0, 0.1) is 17.7 Å². The Balaban J connectivity index is 2.68. The van der Waals surface area contributed by atoms with Crippen molar-refractivity contribution >= 4 is 11.9 Å². The molecule has 0 aliphatic carbocycles. The zero-order valence-corrected chi connectivity index (χ0v) is 9.66. The number of carbonyl (C=O) groups excluding carboxylic acids is 1. The lowest BCUT2D eigenvalue weighted by atomic mass is 10.2. The van der Waals surface area contributed by atoms with E-state index in [1.807, 2.05) is 0 Å². The van der Waals surface area contributed by atoms with E-state index in [4.69, 9.17) is 5.11 Å². The molecule has 1 amide bonds. The molecule has 0 saturated carbocycles. The van der Waals surface area contributed by atoms with Crippen molar-refractivity contribution in [2.75, 3.05) is 6.54 Å². The van der Waals surface area contributed by atoms with Crippen LogP contribution in [0.4, 0.5) is 4.39 Å². The van der Waals surface area contributed by atoms with E-state index in [2.05, 4.69) is 22.1 Å². The van der Waals surface area contributed by atoms with Crippen LogP contribution in [0.1, 0.15) is 29.4 Å². The minimum atomic E-state index is -1.36. The number of hydrogen-bond donors (Lipinski definition) is 2. The highest BCUT2D eigenvalue weighted by atomic mass is 19.1. The zero-order chi connectivity index (χ0) is 13.5. The number of pyridine rings is 1. The second kappa shape index (κ2) is 6.35. The Morgan fingerprint density at radius 2 is 2.28 bits per heavy atom. The molecule has 0 radical (unpaired) electrons. The van der Waals surface area contributed by atoms with Gasteiger partial charge in [-0.15, -0.1) is 0 Å². The Bertz CT molecular complexity index is 532. The number of rotatable bonds is 3. The summed E-state index contributed by atoms with van der Waals surface area (Å²) in [5.41, 5.74) is -0.284. The highest BCUT2D eigenvalue weighted by Gasteiger charge is 2.10. The molecule has 6 heteroatoms. The standard InChI is InChI=1S/C12H11FN2O3/c1-8(16)14-5-3-2-4-9-6-10(12(17)18)11(13)7-15-9/h6-7H,3,5H2,1H3,(H,14,16)(H,17,18). The number of carbonyl (C=O) groups is 2. The number of carboxylic acids is 1. The van der Waals surface area contributed by atoms with Crippen molar-refractivity contribution in [1.29, 1.82) is 0 Å². The number of nitrogens with one attached hydrogen (secondary N) is 1. The Morgan fingerprint density at radius 1 is 1.56 bits per heavy atom. The van der Waals surface area contributed by atoms with Gasteiger partial charge in [0.2, 0.25) is 5.91 Å². The van der Waals surface area contributed by atoms with Gasteiger partial charge in [0.1, 0.15) is 5.69 Å². The number of aromatic nitrogens is 1. The number of aromatic carboxylic acids is 1. The quantitative estimate of drug-likeness (QED) is 0.614. The third-order valence-corrected chi connectivity index (χ3v) is 1.93. The fourth-order valence-corrected chi connectivity index (χ4v) is 1.13. The summed E-state index contributed by atoms with van der Waals surface area (Å²) in [6.07, 6.45) is 1.22. The molecule has 5 nitrogen and oxygen atoms in total. The molecule has 0 atom stereocenters. The fourth-order valence-electron chi connectivity index (χ4n) is 1.13. The van der Waals surface area contributed by atoms with Gasteiger partial charge in [-0.3, -0.25) is 4.79 Å². The summed E-state index contributed by atoms with van der Waals surface area (Å²) in [4.78, 5) is 24.9. The summed E-state index contributed by atoms with van der Waals surface area (Å²) >= 11 is 0. The Kier molecular flexibility index (Phi) is 4.81. The third-order valence-electron chi connectivity index (χ3n) is 1.93. The first-order chi connectivity index (χ1) is 8.50. The third kappa shape index (κ3) is 4.22. The van der Waals surface area contributed by atoms with Crippen molar-refractivity contribution in [2.45, 2.75) is 13.3 Å². The molecule has 1 rings (SSSR count). The van der Waals surface area contributed by atoms with Crippen LogP contribution in [0.3, 0.4) is 0 Å². The SMILES string of the molecule is CC(=O)NCCC#Cc1cc(C(=O)O)c(F)cn1.